The van der Waals surface area contributed by atoms with Crippen LogP contribution in [0.2, 0.25) is 0 Å². The van der Waals surface area contributed by atoms with Crippen molar-refractivity contribution in [1.82, 2.24) is 20.8 Å². The van der Waals surface area contributed by atoms with Crippen molar-refractivity contribution >= 4 is 28.4 Å². The minimum Gasteiger partial charge on any atom is -0.267 e. The monoisotopic (exact) mass is 413 g/mol. The number of hydrazine groups is 1. The number of fused-ring (bicyclic) bond motifs is 1. The molecular weight excluding hydrogens is 398 g/mol. The quantitative estimate of drug-likeness (QED) is 0.390. The molecule has 4 aromatic rings. The van der Waals surface area contributed by atoms with Gasteiger partial charge in [-0.15, -0.1) is 0 Å². The molecule has 0 aliphatic heterocycles. The van der Waals surface area contributed by atoms with Gasteiger partial charge in [0, 0.05) is 41.0 Å². The van der Waals surface area contributed by atoms with Crippen LogP contribution in [0.25, 0.3) is 22.2 Å². The van der Waals surface area contributed by atoms with E-state index < -0.39 is 16.7 Å². The number of nitrogens with one attached hydrogen (secondary N) is 2. The molecule has 152 valence electrons. The Hall–Kier alpha value is -4.66. The number of nitrogens with zero attached hydrogens (tertiary/aromatic N) is 3. The van der Waals surface area contributed by atoms with Crippen molar-refractivity contribution in [2.45, 2.75) is 0 Å². The average molecular weight is 413 g/mol. The summed E-state index contributed by atoms with van der Waals surface area (Å²) in [4.78, 5) is 44.0. The highest BCUT2D eigenvalue weighted by Gasteiger charge is 2.16. The normalized spacial score (nSPS) is 10.5. The lowest BCUT2D eigenvalue weighted by molar-refractivity contribution is -0.384. The molecule has 0 saturated heterocycles. The SMILES string of the molecule is O=C(NNC(=O)c1cc(-c2cccnc2)nc2ccccc12)c1ccc([N+](=O)[O-])cc1. The van der Waals surface area contributed by atoms with E-state index >= 15 is 0 Å². The molecule has 0 spiro atoms. The van der Waals surface area contributed by atoms with Crippen molar-refractivity contribution in [1.29, 1.82) is 0 Å². The number of benzene rings is 2. The Balaban J connectivity index is 1.58. The molecule has 4 rings (SSSR count). The molecule has 0 aliphatic rings. The summed E-state index contributed by atoms with van der Waals surface area (Å²) in [5.41, 5.74) is 7.02. The molecule has 0 fully saturated rings. The molecule has 9 nitrogen and oxygen atoms in total. The van der Waals surface area contributed by atoms with Crippen LogP contribution < -0.4 is 10.9 Å². The van der Waals surface area contributed by atoms with E-state index in [1.165, 1.54) is 24.3 Å². The van der Waals surface area contributed by atoms with Crippen molar-refractivity contribution in [3.05, 3.63) is 100 Å². The minimum absolute atomic E-state index is 0.133. The maximum absolute atomic E-state index is 12.9. The molecule has 9 heteroatoms. The van der Waals surface area contributed by atoms with Gasteiger partial charge in [0.1, 0.15) is 0 Å². The molecule has 2 N–H and O–H groups in total. The second-order valence-corrected chi connectivity index (χ2v) is 6.53. The number of nitro benzene ring substituents is 1. The number of aromatic nitrogens is 2. The highest BCUT2D eigenvalue weighted by Crippen LogP contribution is 2.24. The molecule has 2 aromatic carbocycles. The molecule has 0 saturated carbocycles. The van der Waals surface area contributed by atoms with Gasteiger partial charge in [-0.2, -0.15) is 0 Å². The van der Waals surface area contributed by atoms with Crippen molar-refractivity contribution in [3.63, 3.8) is 0 Å². The topological polar surface area (TPSA) is 127 Å². The van der Waals surface area contributed by atoms with E-state index in [1.54, 1.807) is 42.7 Å². The average Bonchev–Trinajstić information content (AvgIpc) is 2.82. The Morgan fingerprint density at radius 1 is 0.903 bits per heavy atom. The molecule has 31 heavy (non-hydrogen) atoms. The first-order chi connectivity index (χ1) is 15.0. The van der Waals surface area contributed by atoms with Crippen LogP contribution in [-0.4, -0.2) is 26.7 Å². The van der Waals surface area contributed by atoms with Crippen LogP contribution in [-0.2, 0) is 0 Å². The molecule has 2 heterocycles. The Kier molecular flexibility index (Phi) is 5.31. The zero-order valence-corrected chi connectivity index (χ0v) is 16.0. The summed E-state index contributed by atoms with van der Waals surface area (Å²) >= 11 is 0. The van der Waals surface area contributed by atoms with Crippen molar-refractivity contribution < 1.29 is 14.5 Å². The minimum atomic E-state index is -0.603. The van der Waals surface area contributed by atoms with E-state index in [-0.39, 0.29) is 11.3 Å². The van der Waals surface area contributed by atoms with Crippen LogP contribution >= 0.6 is 0 Å². The van der Waals surface area contributed by atoms with Gasteiger partial charge in [-0.1, -0.05) is 18.2 Å². The van der Waals surface area contributed by atoms with Crippen LogP contribution in [0, 0.1) is 10.1 Å². The Bertz CT molecular complexity index is 1290. The number of carbonyl (C=O) groups is 2. The molecule has 0 bridgehead atoms. The first-order valence-corrected chi connectivity index (χ1v) is 9.18. The van der Waals surface area contributed by atoms with Gasteiger partial charge >= 0.3 is 0 Å². The smallest absolute Gasteiger partial charge is 0.267 e. The maximum Gasteiger partial charge on any atom is 0.270 e. The van der Waals surface area contributed by atoms with Gasteiger partial charge in [0.05, 0.1) is 21.7 Å². The third kappa shape index (κ3) is 4.20. The van der Waals surface area contributed by atoms with Crippen molar-refractivity contribution in [2.24, 2.45) is 0 Å². The predicted molar refractivity (Wildman–Crippen MR) is 113 cm³/mol. The highest BCUT2D eigenvalue weighted by molar-refractivity contribution is 6.08. The summed E-state index contributed by atoms with van der Waals surface area (Å²) in [5, 5.41) is 11.4. The van der Waals surface area contributed by atoms with Crippen LogP contribution in [0.3, 0.4) is 0 Å². The Morgan fingerprint density at radius 2 is 1.65 bits per heavy atom. The largest absolute Gasteiger partial charge is 0.270 e. The third-order valence-electron chi connectivity index (χ3n) is 4.55. The summed E-state index contributed by atoms with van der Waals surface area (Å²) in [6.45, 7) is 0. The standard InChI is InChI=1S/C22H15N5O4/c28-21(14-7-9-16(10-8-14)27(30)31)25-26-22(29)18-12-20(15-4-3-11-23-13-15)24-19-6-2-1-5-17(18)19/h1-13H,(H,25,28)(H,26,29). The van der Waals surface area contributed by atoms with Crippen LogP contribution in [0.5, 0.6) is 0 Å². The molecule has 2 amide bonds. The van der Waals surface area contributed by atoms with Gasteiger partial charge in [-0.05, 0) is 36.4 Å². The number of pyridine rings is 2. The van der Waals surface area contributed by atoms with Gasteiger partial charge in [-0.25, -0.2) is 4.98 Å². The summed E-state index contributed by atoms with van der Waals surface area (Å²) < 4.78 is 0. The first kappa shape index (κ1) is 19.6. The summed E-state index contributed by atoms with van der Waals surface area (Å²) in [7, 11) is 0. The number of carbonyl (C=O) groups excluding carboxylic acids is 2. The van der Waals surface area contributed by atoms with Gasteiger partial charge < -0.3 is 0 Å². The second kappa shape index (κ2) is 8.37. The molecule has 2 aromatic heterocycles. The van der Waals surface area contributed by atoms with E-state index in [2.05, 4.69) is 20.8 Å². The lowest BCUT2D eigenvalue weighted by Gasteiger charge is -2.11. The number of hydrogen-bond acceptors (Lipinski definition) is 6. The zero-order valence-electron chi connectivity index (χ0n) is 16.0. The molecule has 0 radical (unpaired) electrons. The van der Waals surface area contributed by atoms with E-state index in [0.717, 1.165) is 5.56 Å². The summed E-state index contributed by atoms with van der Waals surface area (Å²) in [6.07, 6.45) is 3.29. The van der Waals surface area contributed by atoms with Crippen molar-refractivity contribution in [3.8, 4) is 11.3 Å². The lowest BCUT2D eigenvalue weighted by atomic mass is 10.0. The predicted octanol–water partition coefficient (Wildman–Crippen LogP) is 3.28. The zero-order chi connectivity index (χ0) is 21.8. The molecule has 0 unspecified atom stereocenters. The summed E-state index contributed by atoms with van der Waals surface area (Å²) in [6, 6.07) is 17.5. The van der Waals surface area contributed by atoms with Gasteiger partial charge in [0.15, 0.2) is 0 Å². The number of non-ortho nitro benzene ring substituents is 1. The number of amides is 2. The molecule has 0 atom stereocenters. The van der Waals surface area contributed by atoms with E-state index in [9.17, 15) is 19.7 Å². The third-order valence-corrected chi connectivity index (χ3v) is 4.55. The van der Waals surface area contributed by atoms with E-state index in [1.807, 2.05) is 12.1 Å². The van der Waals surface area contributed by atoms with Crippen molar-refractivity contribution in [2.75, 3.05) is 0 Å². The van der Waals surface area contributed by atoms with E-state index in [0.29, 0.717) is 22.2 Å². The van der Waals surface area contributed by atoms with Crippen LogP contribution in [0.1, 0.15) is 20.7 Å². The fraction of sp³-hybridized carbons (Fsp3) is 0. The number of nitro groups is 1. The number of para-hydroxylation sites is 1. The number of rotatable bonds is 4. The highest BCUT2D eigenvalue weighted by atomic mass is 16.6. The van der Waals surface area contributed by atoms with Gasteiger partial charge in [0.25, 0.3) is 17.5 Å². The maximum atomic E-state index is 12.9. The number of hydrogen-bond donors (Lipinski definition) is 2. The molecule has 0 aliphatic carbocycles. The van der Waals surface area contributed by atoms with Gasteiger partial charge in [-0.3, -0.25) is 35.5 Å². The lowest BCUT2D eigenvalue weighted by Crippen LogP contribution is -2.41. The summed E-state index contributed by atoms with van der Waals surface area (Å²) in [5.74, 6) is -1.13. The van der Waals surface area contributed by atoms with E-state index in [4.69, 9.17) is 0 Å². The first-order valence-electron chi connectivity index (χ1n) is 9.18. The van der Waals surface area contributed by atoms with Gasteiger partial charge in [0.2, 0.25) is 0 Å². The fourth-order valence-corrected chi connectivity index (χ4v) is 3.01. The van der Waals surface area contributed by atoms with Crippen LogP contribution in [0.15, 0.2) is 79.1 Å². The molecular formula is C22H15N5O4. The van der Waals surface area contributed by atoms with Crippen LogP contribution in [0.4, 0.5) is 5.69 Å². The fourth-order valence-electron chi connectivity index (χ4n) is 3.01. The Labute approximate surface area is 175 Å². The Morgan fingerprint density at radius 3 is 2.35 bits per heavy atom. The second-order valence-electron chi connectivity index (χ2n) is 6.53.